The lowest BCUT2D eigenvalue weighted by molar-refractivity contribution is -0.118. The van der Waals surface area contributed by atoms with Crippen molar-refractivity contribution in [2.45, 2.75) is 24.8 Å². The normalized spacial score (nSPS) is 12.7. The Balaban J connectivity index is 1.75. The minimum atomic E-state index is -3.85. The summed E-state index contributed by atoms with van der Waals surface area (Å²) in [6, 6.07) is 8.94. The molecule has 0 aliphatic rings. The minimum Gasteiger partial charge on any atom is -0.301 e. The van der Waals surface area contributed by atoms with Crippen LogP contribution in [0.25, 0.3) is 11.3 Å². The number of sulfonamides is 1. The lowest BCUT2D eigenvalue weighted by atomic mass is 10.1. The Hall–Kier alpha value is -2.14. The maximum atomic E-state index is 12.8. The number of carbonyl (C=O) groups is 1. The zero-order valence-corrected chi connectivity index (χ0v) is 18.9. The van der Waals surface area contributed by atoms with Gasteiger partial charge in [0.2, 0.25) is 15.9 Å². The first-order valence-corrected chi connectivity index (χ1v) is 11.9. The first-order valence-electron chi connectivity index (χ1n) is 8.71. The fourth-order valence-electron chi connectivity index (χ4n) is 2.50. The topological polar surface area (TPSA) is 101 Å². The van der Waals surface area contributed by atoms with Gasteiger partial charge in [-0.25, -0.2) is 13.4 Å². The van der Waals surface area contributed by atoms with Crippen LogP contribution in [0, 0.1) is 5.92 Å². The first-order chi connectivity index (χ1) is 13.8. The molecule has 2 aromatic heterocycles. The van der Waals surface area contributed by atoms with Gasteiger partial charge < -0.3 is 5.32 Å². The monoisotopic (exact) mass is 494 g/mol. The molecule has 2 N–H and O–H groups in total. The molecule has 152 valence electrons. The van der Waals surface area contributed by atoms with Crippen molar-refractivity contribution in [2.24, 2.45) is 5.92 Å². The third-order valence-corrected chi connectivity index (χ3v) is 6.79. The second kappa shape index (κ2) is 9.12. The number of carbonyl (C=O) groups excluding carboxylic acids is 1. The number of rotatable bonds is 7. The van der Waals surface area contributed by atoms with Gasteiger partial charge in [-0.1, -0.05) is 29.8 Å². The number of nitrogens with zero attached hydrogens (tertiary/aromatic N) is 2. The standard InChI is InChI=1S/C19H19BrN4O3S2/c1-12(2)17(24-29(26,27)15-7-5-14(20)6-8-15)18(25)23-19-22-16(11-28-19)13-4-3-9-21-10-13/h3-12,17,24H,1-2H3,(H,22,23,25)/t17-/m0/s1. The van der Waals surface area contributed by atoms with Crippen LogP contribution < -0.4 is 10.0 Å². The molecule has 1 amide bonds. The summed E-state index contributed by atoms with van der Waals surface area (Å²) >= 11 is 4.54. The van der Waals surface area contributed by atoms with Crippen molar-refractivity contribution in [3.05, 3.63) is 58.6 Å². The molecular formula is C19H19BrN4O3S2. The van der Waals surface area contributed by atoms with E-state index in [-0.39, 0.29) is 10.8 Å². The smallest absolute Gasteiger partial charge is 0.244 e. The molecular weight excluding hydrogens is 476 g/mol. The number of hydrogen-bond acceptors (Lipinski definition) is 6. The van der Waals surface area contributed by atoms with Crippen LogP contribution >= 0.6 is 27.3 Å². The van der Waals surface area contributed by atoms with E-state index in [1.807, 2.05) is 11.4 Å². The van der Waals surface area contributed by atoms with Gasteiger partial charge in [-0.3, -0.25) is 9.78 Å². The summed E-state index contributed by atoms with van der Waals surface area (Å²) in [4.78, 5) is 21.3. The van der Waals surface area contributed by atoms with Crippen LogP contribution in [0.5, 0.6) is 0 Å². The van der Waals surface area contributed by atoms with Gasteiger partial charge in [-0.2, -0.15) is 4.72 Å². The summed E-state index contributed by atoms with van der Waals surface area (Å²) in [6.07, 6.45) is 3.35. The van der Waals surface area contributed by atoms with Crippen molar-refractivity contribution in [2.75, 3.05) is 5.32 Å². The summed E-state index contributed by atoms with van der Waals surface area (Å²) in [5.74, 6) is -0.731. The van der Waals surface area contributed by atoms with E-state index in [0.29, 0.717) is 10.8 Å². The van der Waals surface area contributed by atoms with Gasteiger partial charge in [0.25, 0.3) is 0 Å². The predicted molar refractivity (Wildman–Crippen MR) is 117 cm³/mol. The fourth-order valence-corrected chi connectivity index (χ4v) is 4.83. The largest absolute Gasteiger partial charge is 0.301 e. The zero-order chi connectivity index (χ0) is 21.0. The highest BCUT2D eigenvalue weighted by Gasteiger charge is 2.29. The highest BCUT2D eigenvalue weighted by atomic mass is 79.9. The molecule has 2 heterocycles. The number of aromatic nitrogens is 2. The van der Waals surface area contributed by atoms with E-state index in [1.54, 1.807) is 44.4 Å². The van der Waals surface area contributed by atoms with E-state index >= 15 is 0 Å². The summed E-state index contributed by atoms with van der Waals surface area (Å²) in [6.45, 7) is 3.55. The van der Waals surface area contributed by atoms with Crippen LogP contribution in [0.4, 0.5) is 5.13 Å². The summed E-state index contributed by atoms with van der Waals surface area (Å²) < 4.78 is 28.6. The van der Waals surface area contributed by atoms with E-state index in [4.69, 9.17) is 0 Å². The molecule has 3 rings (SSSR count). The summed E-state index contributed by atoms with van der Waals surface area (Å²) in [5.41, 5.74) is 1.52. The molecule has 1 aromatic carbocycles. The Morgan fingerprint density at radius 3 is 2.52 bits per heavy atom. The van der Waals surface area contributed by atoms with E-state index < -0.39 is 22.0 Å². The Morgan fingerprint density at radius 2 is 1.90 bits per heavy atom. The van der Waals surface area contributed by atoms with Crippen LogP contribution in [-0.2, 0) is 14.8 Å². The highest BCUT2D eigenvalue weighted by Crippen LogP contribution is 2.24. The lowest BCUT2D eigenvalue weighted by Gasteiger charge is -2.21. The number of benzene rings is 1. The molecule has 0 spiro atoms. The van der Waals surface area contributed by atoms with Crippen LogP contribution in [0.3, 0.4) is 0 Å². The van der Waals surface area contributed by atoms with E-state index in [9.17, 15) is 13.2 Å². The number of halogens is 1. The lowest BCUT2D eigenvalue weighted by Crippen LogP contribution is -2.47. The molecule has 0 aliphatic carbocycles. The van der Waals surface area contributed by atoms with Crippen molar-refractivity contribution >= 4 is 48.3 Å². The molecule has 0 fully saturated rings. The quantitative estimate of drug-likeness (QED) is 0.518. The molecule has 0 radical (unpaired) electrons. The Labute approximate surface area is 181 Å². The van der Waals surface area contributed by atoms with Crippen LogP contribution in [0.15, 0.2) is 63.5 Å². The third-order valence-electron chi connectivity index (χ3n) is 4.05. The van der Waals surface area contributed by atoms with Gasteiger partial charge in [0.05, 0.1) is 10.6 Å². The Kier molecular flexibility index (Phi) is 6.78. The van der Waals surface area contributed by atoms with Crippen LogP contribution in [-0.4, -0.2) is 30.3 Å². The molecule has 0 aliphatic heterocycles. The van der Waals surface area contributed by atoms with Crippen molar-refractivity contribution in [3.63, 3.8) is 0 Å². The molecule has 0 saturated heterocycles. The first kappa shape index (κ1) is 21.6. The van der Waals surface area contributed by atoms with Gasteiger partial charge in [-0.05, 0) is 42.3 Å². The number of hydrogen-bond donors (Lipinski definition) is 2. The third kappa shape index (κ3) is 5.47. The van der Waals surface area contributed by atoms with E-state index in [2.05, 4.69) is 35.9 Å². The van der Waals surface area contributed by atoms with Crippen LogP contribution in [0.1, 0.15) is 13.8 Å². The number of thiazole rings is 1. The number of amides is 1. The highest BCUT2D eigenvalue weighted by molar-refractivity contribution is 9.10. The molecule has 3 aromatic rings. The second-order valence-electron chi connectivity index (χ2n) is 6.57. The van der Waals surface area contributed by atoms with Gasteiger partial charge in [0, 0.05) is 27.8 Å². The number of pyridine rings is 1. The fraction of sp³-hybridized carbons (Fsp3) is 0.211. The second-order valence-corrected chi connectivity index (χ2v) is 10.1. The molecule has 7 nitrogen and oxygen atoms in total. The van der Waals surface area contributed by atoms with Crippen molar-refractivity contribution in [1.29, 1.82) is 0 Å². The predicted octanol–water partition coefficient (Wildman–Crippen LogP) is 3.91. The molecule has 29 heavy (non-hydrogen) atoms. The molecule has 0 unspecified atom stereocenters. The maximum Gasteiger partial charge on any atom is 0.244 e. The van der Waals surface area contributed by atoms with Gasteiger partial charge in [-0.15, -0.1) is 11.3 Å². The summed E-state index contributed by atoms with van der Waals surface area (Å²) in [7, 11) is -3.85. The van der Waals surface area contributed by atoms with Crippen LogP contribution in [0.2, 0.25) is 0 Å². The average Bonchev–Trinajstić information content (AvgIpc) is 3.15. The number of nitrogens with one attached hydrogen (secondary N) is 2. The Bertz CT molecular complexity index is 1080. The van der Waals surface area contributed by atoms with Gasteiger partial charge in [0.15, 0.2) is 5.13 Å². The minimum absolute atomic E-state index is 0.0901. The van der Waals surface area contributed by atoms with Gasteiger partial charge in [0.1, 0.15) is 6.04 Å². The number of anilines is 1. The van der Waals surface area contributed by atoms with Gasteiger partial charge >= 0.3 is 0 Å². The van der Waals surface area contributed by atoms with E-state index in [1.165, 1.54) is 23.5 Å². The van der Waals surface area contributed by atoms with Crippen molar-refractivity contribution in [3.8, 4) is 11.3 Å². The maximum absolute atomic E-state index is 12.8. The van der Waals surface area contributed by atoms with Crippen molar-refractivity contribution < 1.29 is 13.2 Å². The summed E-state index contributed by atoms with van der Waals surface area (Å²) in [5, 5.41) is 4.91. The molecule has 10 heteroatoms. The molecule has 1 atom stereocenters. The van der Waals surface area contributed by atoms with Crippen molar-refractivity contribution in [1.82, 2.24) is 14.7 Å². The molecule has 0 bridgehead atoms. The average molecular weight is 495 g/mol. The van der Waals surface area contributed by atoms with E-state index in [0.717, 1.165) is 10.0 Å². The SMILES string of the molecule is CC(C)[C@H](NS(=O)(=O)c1ccc(Br)cc1)C(=O)Nc1nc(-c2cccnc2)cs1. The Morgan fingerprint density at radius 1 is 1.17 bits per heavy atom. The molecule has 0 saturated carbocycles. The zero-order valence-electron chi connectivity index (χ0n) is 15.7.